The highest BCUT2D eigenvalue weighted by molar-refractivity contribution is 7.92. The van der Waals surface area contributed by atoms with Gasteiger partial charge < -0.3 is 15.2 Å². The van der Waals surface area contributed by atoms with Crippen molar-refractivity contribution in [2.75, 3.05) is 23.9 Å². The van der Waals surface area contributed by atoms with Gasteiger partial charge in [-0.3, -0.25) is 9.59 Å². The van der Waals surface area contributed by atoms with Gasteiger partial charge in [0.2, 0.25) is 5.91 Å². The lowest BCUT2D eigenvalue weighted by Crippen LogP contribution is -2.27. The lowest BCUT2D eigenvalue weighted by molar-refractivity contribution is -0.134. The molecule has 1 rings (SSSR count). The van der Waals surface area contributed by atoms with Crippen LogP contribution in [0.1, 0.15) is 0 Å². The fourth-order valence-electron chi connectivity index (χ4n) is 1.34. The van der Waals surface area contributed by atoms with E-state index in [4.69, 9.17) is 9.84 Å². The van der Waals surface area contributed by atoms with E-state index in [0.29, 0.717) is 11.4 Å². The van der Waals surface area contributed by atoms with Crippen LogP contribution >= 0.6 is 0 Å². The summed E-state index contributed by atoms with van der Waals surface area (Å²) in [4.78, 5) is 21.8. The second-order valence-electron chi connectivity index (χ2n) is 3.71. The van der Waals surface area contributed by atoms with Crippen LogP contribution in [-0.2, 0) is 19.4 Å². The van der Waals surface area contributed by atoms with E-state index in [1.165, 1.54) is 13.2 Å². The number of rotatable bonds is 6. The highest BCUT2D eigenvalue weighted by atomic mass is 32.2. The SMILES string of the molecule is COc1cccc(NC(=O)CS(=O)(=O)CC(=O)O)c1. The quantitative estimate of drug-likeness (QED) is 0.769. The minimum Gasteiger partial charge on any atom is -0.497 e. The molecule has 0 saturated heterocycles. The van der Waals surface area contributed by atoms with Crippen LogP contribution in [0.3, 0.4) is 0 Å². The molecule has 0 fully saturated rings. The maximum absolute atomic E-state index is 11.5. The third-order valence-corrected chi connectivity index (χ3v) is 3.44. The van der Waals surface area contributed by atoms with Gasteiger partial charge in [0, 0.05) is 11.8 Å². The average Bonchev–Trinajstić information content (AvgIpc) is 2.26. The van der Waals surface area contributed by atoms with Gasteiger partial charge in [-0.05, 0) is 12.1 Å². The maximum atomic E-state index is 11.5. The summed E-state index contributed by atoms with van der Waals surface area (Å²) < 4.78 is 27.5. The minimum absolute atomic E-state index is 0.370. The monoisotopic (exact) mass is 287 g/mol. The summed E-state index contributed by atoms with van der Waals surface area (Å²) in [5, 5.41) is 10.7. The van der Waals surface area contributed by atoms with E-state index in [1.807, 2.05) is 0 Å². The van der Waals surface area contributed by atoms with Crippen molar-refractivity contribution in [3.63, 3.8) is 0 Å². The van der Waals surface area contributed by atoms with Crippen molar-refractivity contribution < 1.29 is 27.9 Å². The number of hydrogen-bond donors (Lipinski definition) is 2. The molecule has 0 aliphatic carbocycles. The molecule has 0 saturated carbocycles. The van der Waals surface area contributed by atoms with Crippen LogP contribution in [0.25, 0.3) is 0 Å². The molecule has 0 aliphatic heterocycles. The molecule has 1 aromatic carbocycles. The Balaban J connectivity index is 2.67. The molecule has 0 radical (unpaired) electrons. The number of nitrogens with one attached hydrogen (secondary N) is 1. The third-order valence-electron chi connectivity index (χ3n) is 2.05. The van der Waals surface area contributed by atoms with Crippen molar-refractivity contribution >= 4 is 27.4 Å². The van der Waals surface area contributed by atoms with Crippen LogP contribution in [0.5, 0.6) is 5.75 Å². The third kappa shape index (κ3) is 5.38. The Kier molecular flexibility index (Phi) is 4.87. The summed E-state index contributed by atoms with van der Waals surface area (Å²) >= 11 is 0. The smallest absolute Gasteiger partial charge is 0.318 e. The number of benzene rings is 1. The Morgan fingerprint density at radius 1 is 1.32 bits per heavy atom. The zero-order chi connectivity index (χ0) is 14.5. The van der Waals surface area contributed by atoms with E-state index in [0.717, 1.165) is 0 Å². The predicted octanol–water partition coefficient (Wildman–Crippen LogP) is 0.133. The van der Waals surface area contributed by atoms with Crippen LogP contribution in [0.4, 0.5) is 5.69 Å². The zero-order valence-corrected chi connectivity index (χ0v) is 10.9. The molecule has 0 aromatic heterocycles. The van der Waals surface area contributed by atoms with E-state index < -0.39 is 33.2 Å². The van der Waals surface area contributed by atoms with Gasteiger partial charge in [0.15, 0.2) is 9.84 Å². The molecule has 1 amide bonds. The number of amides is 1. The lowest BCUT2D eigenvalue weighted by atomic mass is 10.3. The number of carbonyl (C=O) groups excluding carboxylic acids is 1. The Morgan fingerprint density at radius 3 is 2.58 bits per heavy atom. The highest BCUT2D eigenvalue weighted by Gasteiger charge is 2.20. The highest BCUT2D eigenvalue weighted by Crippen LogP contribution is 2.16. The number of anilines is 1. The van der Waals surface area contributed by atoms with Gasteiger partial charge in [-0.2, -0.15) is 0 Å². The number of carboxylic acids is 1. The van der Waals surface area contributed by atoms with Gasteiger partial charge in [-0.15, -0.1) is 0 Å². The van der Waals surface area contributed by atoms with Crippen LogP contribution in [0.2, 0.25) is 0 Å². The van der Waals surface area contributed by atoms with Crippen molar-refractivity contribution in [3.05, 3.63) is 24.3 Å². The number of sulfone groups is 1. The summed E-state index contributed by atoms with van der Waals surface area (Å²) in [6, 6.07) is 6.36. The number of aliphatic carboxylic acids is 1. The summed E-state index contributed by atoms with van der Waals surface area (Å²) in [6.45, 7) is 0. The van der Waals surface area contributed by atoms with Gasteiger partial charge in [-0.25, -0.2) is 8.42 Å². The summed E-state index contributed by atoms with van der Waals surface area (Å²) in [7, 11) is -2.50. The molecule has 19 heavy (non-hydrogen) atoms. The Morgan fingerprint density at radius 2 is 2.00 bits per heavy atom. The van der Waals surface area contributed by atoms with E-state index in [2.05, 4.69) is 5.32 Å². The molecule has 0 heterocycles. The second-order valence-corrected chi connectivity index (χ2v) is 5.77. The zero-order valence-electron chi connectivity index (χ0n) is 10.1. The van der Waals surface area contributed by atoms with Gasteiger partial charge in [0.1, 0.15) is 17.3 Å². The summed E-state index contributed by atoms with van der Waals surface area (Å²) in [5.41, 5.74) is 0.370. The predicted molar refractivity (Wildman–Crippen MR) is 67.9 cm³/mol. The van der Waals surface area contributed by atoms with Gasteiger partial charge in [0.05, 0.1) is 7.11 Å². The first-order valence-electron chi connectivity index (χ1n) is 5.18. The maximum Gasteiger partial charge on any atom is 0.318 e. The molecule has 0 bridgehead atoms. The van der Waals surface area contributed by atoms with Crippen LogP contribution < -0.4 is 10.1 Å². The first-order valence-corrected chi connectivity index (χ1v) is 7.00. The molecule has 0 spiro atoms. The first-order chi connectivity index (χ1) is 8.82. The van der Waals surface area contributed by atoms with Crippen molar-refractivity contribution in [1.82, 2.24) is 0 Å². The molecule has 0 unspecified atom stereocenters. The fourth-order valence-corrected chi connectivity index (χ4v) is 2.29. The molecular weight excluding hydrogens is 274 g/mol. The van der Waals surface area contributed by atoms with Gasteiger partial charge >= 0.3 is 5.97 Å². The van der Waals surface area contributed by atoms with Crippen LogP contribution in [0, 0.1) is 0 Å². The Labute approximate surface area is 110 Å². The van der Waals surface area contributed by atoms with Crippen molar-refractivity contribution in [2.45, 2.75) is 0 Å². The number of carbonyl (C=O) groups is 2. The first kappa shape index (κ1) is 15.0. The largest absolute Gasteiger partial charge is 0.497 e. The molecular formula is C11H13NO6S. The average molecular weight is 287 g/mol. The normalized spacial score (nSPS) is 10.8. The molecule has 2 N–H and O–H groups in total. The minimum atomic E-state index is -3.96. The van der Waals surface area contributed by atoms with Crippen molar-refractivity contribution in [1.29, 1.82) is 0 Å². The lowest BCUT2D eigenvalue weighted by Gasteiger charge is -2.06. The Hall–Kier alpha value is -2.09. The molecule has 104 valence electrons. The Bertz CT molecular complexity index is 581. The topological polar surface area (TPSA) is 110 Å². The number of hydrogen-bond acceptors (Lipinski definition) is 5. The van der Waals surface area contributed by atoms with Crippen LogP contribution in [-0.4, -0.2) is 44.0 Å². The number of carboxylic acid groups (broad SMARTS) is 1. The molecule has 0 atom stereocenters. The van der Waals surface area contributed by atoms with Gasteiger partial charge in [0.25, 0.3) is 0 Å². The summed E-state index contributed by atoms with van der Waals surface area (Å²) in [5.74, 6) is -3.73. The van der Waals surface area contributed by atoms with E-state index in [9.17, 15) is 18.0 Å². The number of ether oxygens (including phenoxy) is 1. The fraction of sp³-hybridized carbons (Fsp3) is 0.273. The second kappa shape index (κ2) is 6.19. The van der Waals surface area contributed by atoms with Crippen molar-refractivity contribution in [3.8, 4) is 5.75 Å². The molecule has 0 aliphatic rings. The molecule has 7 nitrogen and oxygen atoms in total. The molecule has 1 aromatic rings. The standard InChI is InChI=1S/C11H13NO6S/c1-18-9-4-2-3-8(5-9)12-10(13)6-19(16,17)7-11(14)15/h2-5H,6-7H2,1H3,(H,12,13)(H,14,15). The van der Waals surface area contributed by atoms with Gasteiger partial charge in [-0.1, -0.05) is 6.07 Å². The van der Waals surface area contributed by atoms with E-state index >= 15 is 0 Å². The van der Waals surface area contributed by atoms with E-state index in [-0.39, 0.29) is 0 Å². The molecule has 8 heteroatoms. The van der Waals surface area contributed by atoms with Crippen LogP contribution in [0.15, 0.2) is 24.3 Å². The summed E-state index contributed by atoms with van der Waals surface area (Å²) in [6.07, 6.45) is 0. The van der Waals surface area contributed by atoms with E-state index in [1.54, 1.807) is 18.2 Å². The number of methoxy groups -OCH3 is 1. The van der Waals surface area contributed by atoms with Crippen molar-refractivity contribution in [2.24, 2.45) is 0 Å².